The van der Waals surface area contributed by atoms with Crippen molar-refractivity contribution in [3.63, 3.8) is 0 Å². The van der Waals surface area contributed by atoms with E-state index in [2.05, 4.69) is 29.3 Å². The van der Waals surface area contributed by atoms with Gasteiger partial charge >= 0.3 is 5.97 Å². The lowest BCUT2D eigenvalue weighted by molar-refractivity contribution is 0.0600. The molecule has 0 saturated carbocycles. The van der Waals surface area contributed by atoms with Crippen LogP contribution >= 0.6 is 0 Å². The SMILES string of the molecule is COC(=O)c1cc(N(c2ccccc2OC)C2CCNCC2)c(C)cc1C. The molecule has 0 atom stereocenters. The van der Waals surface area contributed by atoms with Crippen molar-refractivity contribution in [2.45, 2.75) is 32.7 Å². The zero-order chi connectivity index (χ0) is 19.4. The third-order valence-electron chi connectivity index (χ3n) is 5.23. The van der Waals surface area contributed by atoms with Crippen molar-refractivity contribution in [2.75, 3.05) is 32.2 Å². The summed E-state index contributed by atoms with van der Waals surface area (Å²) in [5.74, 6) is 0.523. The number of hydrogen-bond acceptors (Lipinski definition) is 5. The number of para-hydroxylation sites is 2. The van der Waals surface area contributed by atoms with Gasteiger partial charge < -0.3 is 19.7 Å². The molecule has 1 aliphatic heterocycles. The van der Waals surface area contributed by atoms with Gasteiger partial charge in [-0.3, -0.25) is 0 Å². The van der Waals surface area contributed by atoms with E-state index in [0.717, 1.165) is 54.2 Å². The van der Waals surface area contributed by atoms with Gasteiger partial charge in [-0.2, -0.15) is 0 Å². The van der Waals surface area contributed by atoms with Crippen molar-refractivity contribution in [1.29, 1.82) is 0 Å². The van der Waals surface area contributed by atoms with E-state index < -0.39 is 0 Å². The molecule has 0 bridgehead atoms. The van der Waals surface area contributed by atoms with Crippen molar-refractivity contribution in [3.05, 3.63) is 53.1 Å². The molecule has 5 nitrogen and oxygen atoms in total. The Labute approximate surface area is 161 Å². The van der Waals surface area contributed by atoms with Gasteiger partial charge in [0.15, 0.2) is 0 Å². The van der Waals surface area contributed by atoms with E-state index in [4.69, 9.17) is 9.47 Å². The van der Waals surface area contributed by atoms with E-state index in [1.807, 2.05) is 31.2 Å². The fraction of sp³-hybridized carbons (Fsp3) is 0.409. The number of rotatable bonds is 5. The Kier molecular flexibility index (Phi) is 6.01. The minimum Gasteiger partial charge on any atom is -0.495 e. The molecule has 1 N–H and O–H groups in total. The number of methoxy groups -OCH3 is 2. The van der Waals surface area contributed by atoms with Crippen LogP contribution in [-0.2, 0) is 4.74 Å². The first-order valence-electron chi connectivity index (χ1n) is 9.39. The monoisotopic (exact) mass is 368 g/mol. The first kappa shape index (κ1) is 19.2. The van der Waals surface area contributed by atoms with Crippen LogP contribution in [0.3, 0.4) is 0 Å². The number of piperidine rings is 1. The van der Waals surface area contributed by atoms with Crippen molar-refractivity contribution in [2.24, 2.45) is 0 Å². The number of ether oxygens (including phenoxy) is 2. The van der Waals surface area contributed by atoms with Crippen molar-refractivity contribution in [1.82, 2.24) is 5.32 Å². The Bertz CT molecular complexity index is 813. The summed E-state index contributed by atoms with van der Waals surface area (Å²) in [5.41, 5.74) is 4.71. The van der Waals surface area contributed by atoms with E-state index in [9.17, 15) is 4.79 Å². The lowest BCUT2D eigenvalue weighted by Crippen LogP contribution is -2.41. The Morgan fingerprint density at radius 3 is 2.41 bits per heavy atom. The molecule has 1 aliphatic rings. The minimum atomic E-state index is -0.306. The number of carbonyl (C=O) groups is 1. The first-order chi connectivity index (χ1) is 13.1. The molecule has 0 aliphatic carbocycles. The molecule has 0 unspecified atom stereocenters. The highest BCUT2D eigenvalue weighted by molar-refractivity contribution is 5.93. The standard InChI is InChI=1S/C22H28N2O3/c1-15-13-16(2)20(14-18(15)22(25)27-4)24(17-9-11-23-12-10-17)19-7-5-6-8-21(19)26-3/h5-8,13-14,17,23H,9-12H2,1-4H3. The summed E-state index contributed by atoms with van der Waals surface area (Å²) in [5, 5.41) is 3.43. The number of nitrogens with one attached hydrogen (secondary N) is 1. The number of nitrogens with zero attached hydrogens (tertiary/aromatic N) is 1. The van der Waals surface area contributed by atoms with Crippen molar-refractivity contribution in [3.8, 4) is 5.75 Å². The molecule has 27 heavy (non-hydrogen) atoms. The molecule has 0 spiro atoms. The Morgan fingerprint density at radius 1 is 1.04 bits per heavy atom. The lowest BCUT2D eigenvalue weighted by Gasteiger charge is -2.38. The average Bonchev–Trinajstić information content (AvgIpc) is 2.70. The van der Waals surface area contributed by atoms with Gasteiger partial charge in [-0.1, -0.05) is 18.2 Å². The topological polar surface area (TPSA) is 50.8 Å². The van der Waals surface area contributed by atoms with E-state index >= 15 is 0 Å². The molecule has 1 heterocycles. The zero-order valence-corrected chi connectivity index (χ0v) is 16.5. The van der Waals surface area contributed by atoms with Gasteiger partial charge in [0.1, 0.15) is 5.75 Å². The fourth-order valence-electron chi connectivity index (χ4n) is 3.85. The second-order valence-electron chi connectivity index (χ2n) is 6.97. The molecular formula is C22H28N2O3. The third-order valence-corrected chi connectivity index (χ3v) is 5.23. The van der Waals surface area contributed by atoms with Gasteiger partial charge in [0, 0.05) is 11.7 Å². The lowest BCUT2D eigenvalue weighted by atomic mass is 9.98. The molecule has 1 saturated heterocycles. The number of hydrogen-bond donors (Lipinski definition) is 1. The molecule has 0 amide bonds. The zero-order valence-electron chi connectivity index (χ0n) is 16.5. The van der Waals surface area contributed by atoms with Crippen LogP contribution in [0.1, 0.15) is 34.3 Å². The van der Waals surface area contributed by atoms with Crippen LogP contribution in [0.15, 0.2) is 36.4 Å². The largest absolute Gasteiger partial charge is 0.495 e. The molecule has 1 fully saturated rings. The van der Waals surface area contributed by atoms with Gasteiger partial charge in [0.05, 0.1) is 25.5 Å². The summed E-state index contributed by atoms with van der Waals surface area (Å²) < 4.78 is 10.6. The number of aryl methyl sites for hydroxylation is 2. The van der Waals surface area contributed by atoms with Gasteiger partial charge in [0.2, 0.25) is 0 Å². The summed E-state index contributed by atoms with van der Waals surface area (Å²) in [7, 11) is 3.12. The van der Waals surface area contributed by atoms with Crippen molar-refractivity contribution < 1.29 is 14.3 Å². The number of esters is 1. The highest BCUT2D eigenvalue weighted by atomic mass is 16.5. The minimum absolute atomic E-state index is 0.306. The number of anilines is 2. The van der Waals surface area contributed by atoms with E-state index in [1.165, 1.54) is 7.11 Å². The van der Waals surface area contributed by atoms with Crippen LogP contribution in [-0.4, -0.2) is 39.3 Å². The highest BCUT2D eigenvalue weighted by Gasteiger charge is 2.27. The number of benzene rings is 2. The van der Waals surface area contributed by atoms with Crippen LogP contribution in [0.4, 0.5) is 11.4 Å². The summed E-state index contributed by atoms with van der Waals surface area (Å²) in [4.78, 5) is 14.6. The van der Waals surface area contributed by atoms with Crippen LogP contribution in [0.2, 0.25) is 0 Å². The third kappa shape index (κ3) is 3.93. The highest BCUT2D eigenvalue weighted by Crippen LogP contribution is 2.39. The van der Waals surface area contributed by atoms with Gasteiger partial charge in [0.25, 0.3) is 0 Å². The van der Waals surface area contributed by atoms with Crippen molar-refractivity contribution >= 4 is 17.3 Å². The van der Waals surface area contributed by atoms with E-state index in [0.29, 0.717) is 11.6 Å². The Hall–Kier alpha value is -2.53. The summed E-state index contributed by atoms with van der Waals surface area (Å²) in [6.45, 7) is 5.99. The predicted octanol–water partition coefficient (Wildman–Crippen LogP) is 3.99. The maximum atomic E-state index is 12.3. The normalized spacial score (nSPS) is 14.7. The summed E-state index contributed by atoms with van der Waals surface area (Å²) in [6, 6.07) is 12.4. The second kappa shape index (κ2) is 8.44. The first-order valence-corrected chi connectivity index (χ1v) is 9.39. The van der Waals surface area contributed by atoms with Crippen LogP contribution < -0.4 is 15.0 Å². The quantitative estimate of drug-likeness (QED) is 0.809. The van der Waals surface area contributed by atoms with E-state index in [-0.39, 0.29) is 5.97 Å². The van der Waals surface area contributed by atoms with E-state index in [1.54, 1.807) is 7.11 Å². The fourth-order valence-corrected chi connectivity index (χ4v) is 3.85. The second-order valence-corrected chi connectivity index (χ2v) is 6.97. The number of carbonyl (C=O) groups excluding carboxylic acids is 1. The Morgan fingerprint density at radius 2 is 1.74 bits per heavy atom. The van der Waals surface area contributed by atoms with Gasteiger partial charge in [-0.15, -0.1) is 0 Å². The predicted molar refractivity (Wildman–Crippen MR) is 108 cm³/mol. The molecule has 0 radical (unpaired) electrons. The van der Waals surface area contributed by atoms with Gasteiger partial charge in [-0.05, 0) is 69.1 Å². The molecule has 2 aromatic rings. The maximum Gasteiger partial charge on any atom is 0.338 e. The van der Waals surface area contributed by atoms with Gasteiger partial charge in [-0.25, -0.2) is 4.79 Å². The molecule has 0 aromatic heterocycles. The molecular weight excluding hydrogens is 340 g/mol. The smallest absolute Gasteiger partial charge is 0.338 e. The summed E-state index contributed by atoms with van der Waals surface area (Å²) >= 11 is 0. The summed E-state index contributed by atoms with van der Waals surface area (Å²) in [6.07, 6.45) is 2.05. The molecule has 3 rings (SSSR count). The van der Waals surface area contributed by atoms with Crippen LogP contribution in [0, 0.1) is 13.8 Å². The Balaban J connectivity index is 2.17. The molecule has 5 heteroatoms. The average molecular weight is 368 g/mol. The molecule has 144 valence electrons. The van der Waals surface area contributed by atoms with Crippen LogP contribution in [0.5, 0.6) is 5.75 Å². The molecule has 2 aromatic carbocycles. The maximum absolute atomic E-state index is 12.3. The van der Waals surface area contributed by atoms with Crippen LogP contribution in [0.25, 0.3) is 0 Å².